The fourth-order valence-electron chi connectivity index (χ4n) is 2.46. The zero-order valence-corrected chi connectivity index (χ0v) is 8.00. The Kier molecular flexibility index (Phi) is 2.37. The molecule has 1 saturated carbocycles. The Labute approximate surface area is 75.1 Å². The molecule has 3 unspecified atom stereocenters. The van der Waals surface area contributed by atoms with Crippen molar-refractivity contribution in [3.8, 4) is 0 Å². The molecule has 1 aliphatic carbocycles. The van der Waals surface area contributed by atoms with Crippen molar-refractivity contribution >= 4 is 0 Å². The molecule has 1 saturated heterocycles. The summed E-state index contributed by atoms with van der Waals surface area (Å²) in [6.07, 6.45) is 5.34. The third-order valence-corrected chi connectivity index (χ3v) is 3.37. The summed E-state index contributed by atoms with van der Waals surface area (Å²) in [5, 5.41) is 0. The summed E-state index contributed by atoms with van der Waals surface area (Å²) in [4.78, 5) is 2.61. The molecule has 2 aliphatic rings. The first kappa shape index (κ1) is 8.52. The van der Waals surface area contributed by atoms with E-state index in [1.807, 2.05) is 0 Å². The predicted molar refractivity (Wildman–Crippen MR) is 51.0 cm³/mol. The molecule has 0 radical (unpaired) electrons. The van der Waals surface area contributed by atoms with Crippen LogP contribution in [-0.2, 0) is 0 Å². The predicted octanol–water partition coefficient (Wildman–Crippen LogP) is 1.21. The van der Waals surface area contributed by atoms with Gasteiger partial charge in [-0.05, 0) is 31.7 Å². The monoisotopic (exact) mass is 168 g/mol. The van der Waals surface area contributed by atoms with Crippen molar-refractivity contribution in [3.63, 3.8) is 0 Å². The second-order valence-corrected chi connectivity index (χ2v) is 4.37. The molecule has 70 valence electrons. The molecule has 2 N–H and O–H groups in total. The highest BCUT2D eigenvalue weighted by atomic mass is 15.2. The lowest BCUT2D eigenvalue weighted by Crippen LogP contribution is -2.44. The Morgan fingerprint density at radius 2 is 2.33 bits per heavy atom. The van der Waals surface area contributed by atoms with Crippen molar-refractivity contribution in [1.29, 1.82) is 0 Å². The van der Waals surface area contributed by atoms with E-state index in [9.17, 15) is 0 Å². The molecule has 0 bridgehead atoms. The van der Waals surface area contributed by atoms with E-state index in [0.717, 1.165) is 18.5 Å². The van der Waals surface area contributed by atoms with Crippen LogP contribution in [0, 0.1) is 5.92 Å². The third kappa shape index (κ3) is 1.64. The highest BCUT2D eigenvalue weighted by Gasteiger charge is 2.40. The molecule has 1 heterocycles. The van der Waals surface area contributed by atoms with Gasteiger partial charge < -0.3 is 5.73 Å². The molecule has 12 heavy (non-hydrogen) atoms. The van der Waals surface area contributed by atoms with E-state index in [1.54, 1.807) is 0 Å². The van der Waals surface area contributed by atoms with Gasteiger partial charge in [-0.15, -0.1) is 0 Å². The standard InChI is InChI=1S/C10H20N2/c1-2-8-6-10(8)12-5-3-4-9(11)7-12/h8-10H,2-7,11H2,1H3. The maximum absolute atomic E-state index is 5.94. The quantitative estimate of drug-likeness (QED) is 0.671. The molecule has 2 heteroatoms. The largest absolute Gasteiger partial charge is 0.327 e. The van der Waals surface area contributed by atoms with Gasteiger partial charge in [0, 0.05) is 18.6 Å². The van der Waals surface area contributed by atoms with Crippen LogP contribution >= 0.6 is 0 Å². The number of rotatable bonds is 2. The van der Waals surface area contributed by atoms with Crippen LogP contribution < -0.4 is 5.73 Å². The van der Waals surface area contributed by atoms with Crippen molar-refractivity contribution < 1.29 is 0 Å². The fourth-order valence-corrected chi connectivity index (χ4v) is 2.46. The van der Waals surface area contributed by atoms with Gasteiger partial charge in [-0.2, -0.15) is 0 Å². The van der Waals surface area contributed by atoms with Crippen LogP contribution in [-0.4, -0.2) is 30.1 Å². The number of nitrogens with two attached hydrogens (primary N) is 1. The SMILES string of the molecule is CCC1CC1N1CCCC(N)C1. The van der Waals surface area contributed by atoms with Gasteiger partial charge in [-0.3, -0.25) is 4.90 Å². The highest BCUT2D eigenvalue weighted by Crippen LogP contribution is 2.39. The van der Waals surface area contributed by atoms with E-state index in [4.69, 9.17) is 5.73 Å². The lowest BCUT2D eigenvalue weighted by molar-refractivity contribution is 0.191. The Hall–Kier alpha value is -0.0800. The highest BCUT2D eigenvalue weighted by molar-refractivity contribution is 4.96. The normalized spacial score (nSPS) is 43.0. The van der Waals surface area contributed by atoms with Crippen LogP contribution in [0.1, 0.15) is 32.6 Å². The van der Waals surface area contributed by atoms with Gasteiger partial charge in [0.2, 0.25) is 0 Å². The second-order valence-electron chi connectivity index (χ2n) is 4.37. The van der Waals surface area contributed by atoms with Crippen LogP contribution in [0.5, 0.6) is 0 Å². The molecule has 0 aromatic rings. The van der Waals surface area contributed by atoms with Crippen molar-refractivity contribution in [2.24, 2.45) is 11.7 Å². The summed E-state index contributed by atoms with van der Waals surface area (Å²) in [5.74, 6) is 0.996. The molecule has 0 spiro atoms. The zero-order valence-electron chi connectivity index (χ0n) is 8.00. The van der Waals surface area contributed by atoms with Crippen LogP contribution in [0.3, 0.4) is 0 Å². The smallest absolute Gasteiger partial charge is 0.0168 e. The van der Waals surface area contributed by atoms with Crippen LogP contribution in [0.4, 0.5) is 0 Å². The average molecular weight is 168 g/mol. The van der Waals surface area contributed by atoms with Crippen LogP contribution in [0.25, 0.3) is 0 Å². The second kappa shape index (κ2) is 3.35. The van der Waals surface area contributed by atoms with Gasteiger partial charge in [0.25, 0.3) is 0 Å². The topological polar surface area (TPSA) is 29.3 Å². The minimum absolute atomic E-state index is 0.455. The van der Waals surface area contributed by atoms with Crippen molar-refractivity contribution in [3.05, 3.63) is 0 Å². The number of hydrogen-bond acceptors (Lipinski definition) is 2. The Balaban J connectivity index is 1.81. The number of hydrogen-bond donors (Lipinski definition) is 1. The molecule has 0 aromatic carbocycles. The third-order valence-electron chi connectivity index (χ3n) is 3.37. The van der Waals surface area contributed by atoms with Gasteiger partial charge in [-0.25, -0.2) is 0 Å². The summed E-state index contributed by atoms with van der Waals surface area (Å²) in [5.41, 5.74) is 5.94. The lowest BCUT2D eigenvalue weighted by atomic mass is 10.1. The summed E-state index contributed by atoms with van der Waals surface area (Å²) >= 11 is 0. The Morgan fingerprint density at radius 1 is 1.50 bits per heavy atom. The maximum atomic E-state index is 5.94. The zero-order chi connectivity index (χ0) is 8.55. The minimum atomic E-state index is 0.455. The first-order valence-corrected chi connectivity index (χ1v) is 5.31. The Morgan fingerprint density at radius 3 is 2.92 bits per heavy atom. The molecule has 2 nitrogen and oxygen atoms in total. The number of nitrogens with zero attached hydrogens (tertiary/aromatic N) is 1. The molecule has 1 aliphatic heterocycles. The van der Waals surface area contributed by atoms with Gasteiger partial charge in [0.1, 0.15) is 0 Å². The van der Waals surface area contributed by atoms with Crippen molar-refractivity contribution in [2.45, 2.75) is 44.7 Å². The van der Waals surface area contributed by atoms with Gasteiger partial charge in [0.15, 0.2) is 0 Å². The van der Waals surface area contributed by atoms with Crippen molar-refractivity contribution in [2.75, 3.05) is 13.1 Å². The van der Waals surface area contributed by atoms with Crippen LogP contribution in [0.15, 0.2) is 0 Å². The van der Waals surface area contributed by atoms with E-state index >= 15 is 0 Å². The van der Waals surface area contributed by atoms with Gasteiger partial charge >= 0.3 is 0 Å². The van der Waals surface area contributed by atoms with E-state index in [-0.39, 0.29) is 0 Å². The average Bonchev–Trinajstić information content (AvgIpc) is 2.83. The first-order chi connectivity index (χ1) is 5.81. The van der Waals surface area contributed by atoms with E-state index < -0.39 is 0 Å². The molecular weight excluding hydrogens is 148 g/mol. The lowest BCUT2D eigenvalue weighted by Gasteiger charge is -2.31. The van der Waals surface area contributed by atoms with E-state index in [2.05, 4.69) is 11.8 Å². The maximum Gasteiger partial charge on any atom is 0.0168 e. The Bertz CT molecular complexity index is 158. The number of likely N-dealkylation sites (tertiary alicyclic amines) is 1. The number of piperidine rings is 1. The van der Waals surface area contributed by atoms with Crippen molar-refractivity contribution in [1.82, 2.24) is 4.90 Å². The molecule has 0 amide bonds. The first-order valence-electron chi connectivity index (χ1n) is 5.31. The van der Waals surface area contributed by atoms with E-state index in [0.29, 0.717) is 6.04 Å². The molecular formula is C10H20N2. The van der Waals surface area contributed by atoms with E-state index in [1.165, 1.54) is 32.2 Å². The molecule has 0 aromatic heterocycles. The van der Waals surface area contributed by atoms with Crippen LogP contribution in [0.2, 0.25) is 0 Å². The summed E-state index contributed by atoms with van der Waals surface area (Å²) in [7, 11) is 0. The molecule has 2 fully saturated rings. The molecule has 3 atom stereocenters. The van der Waals surface area contributed by atoms with Gasteiger partial charge in [-0.1, -0.05) is 13.3 Å². The summed E-state index contributed by atoms with van der Waals surface area (Å²) < 4.78 is 0. The minimum Gasteiger partial charge on any atom is -0.327 e. The summed E-state index contributed by atoms with van der Waals surface area (Å²) in [6, 6.07) is 1.36. The fraction of sp³-hybridized carbons (Fsp3) is 1.00. The summed E-state index contributed by atoms with van der Waals surface area (Å²) in [6.45, 7) is 4.75. The molecule has 2 rings (SSSR count). The van der Waals surface area contributed by atoms with Gasteiger partial charge in [0.05, 0.1) is 0 Å².